The summed E-state index contributed by atoms with van der Waals surface area (Å²) >= 11 is 1.49. The van der Waals surface area contributed by atoms with Crippen LogP contribution in [0.1, 0.15) is 6.42 Å². The molecule has 1 aliphatic heterocycles. The molecular formula is C13H17N3OS. The van der Waals surface area contributed by atoms with Crippen molar-refractivity contribution < 1.29 is 4.74 Å². The lowest BCUT2D eigenvalue weighted by atomic mass is 10.2. The summed E-state index contributed by atoms with van der Waals surface area (Å²) in [5.41, 5.74) is 0. The molecule has 5 heteroatoms. The Morgan fingerprint density at radius 3 is 3.28 bits per heavy atom. The van der Waals surface area contributed by atoms with Crippen molar-refractivity contribution in [2.75, 3.05) is 26.2 Å². The van der Waals surface area contributed by atoms with Gasteiger partial charge in [-0.2, -0.15) is 4.37 Å². The topological polar surface area (TPSA) is 46.2 Å². The van der Waals surface area contributed by atoms with Crippen molar-refractivity contribution >= 4 is 21.6 Å². The highest BCUT2D eigenvalue weighted by molar-refractivity contribution is 7.13. The molecule has 0 bridgehead atoms. The standard InChI is InChI=1S/C13H17N3OS/c1-2-4-12-11(3-1)13(16-18-12)17-8-7-15-10-5-6-14-9-10/h1-4,10,14-15H,5-9H2. The van der Waals surface area contributed by atoms with Crippen LogP contribution in [-0.2, 0) is 0 Å². The van der Waals surface area contributed by atoms with Gasteiger partial charge >= 0.3 is 0 Å². The normalized spacial score (nSPS) is 19.4. The molecule has 0 radical (unpaired) electrons. The van der Waals surface area contributed by atoms with E-state index >= 15 is 0 Å². The monoisotopic (exact) mass is 263 g/mol. The van der Waals surface area contributed by atoms with Gasteiger partial charge in [0.05, 0.1) is 10.1 Å². The maximum atomic E-state index is 5.74. The van der Waals surface area contributed by atoms with Gasteiger partial charge in [-0.15, -0.1) is 0 Å². The number of benzene rings is 1. The average molecular weight is 263 g/mol. The number of fused-ring (bicyclic) bond motifs is 1. The van der Waals surface area contributed by atoms with Gasteiger partial charge in [-0.3, -0.25) is 0 Å². The van der Waals surface area contributed by atoms with E-state index in [1.165, 1.54) is 22.7 Å². The van der Waals surface area contributed by atoms with Gasteiger partial charge in [0, 0.05) is 19.1 Å². The summed E-state index contributed by atoms with van der Waals surface area (Å²) in [7, 11) is 0. The number of nitrogens with one attached hydrogen (secondary N) is 2. The predicted molar refractivity (Wildman–Crippen MR) is 74.4 cm³/mol. The zero-order valence-electron chi connectivity index (χ0n) is 10.2. The molecule has 1 saturated heterocycles. The van der Waals surface area contributed by atoms with Crippen LogP contribution in [0.4, 0.5) is 0 Å². The van der Waals surface area contributed by atoms with Gasteiger partial charge in [-0.25, -0.2) is 0 Å². The molecule has 1 aromatic carbocycles. The molecule has 0 saturated carbocycles. The third-order valence-electron chi connectivity index (χ3n) is 3.18. The lowest BCUT2D eigenvalue weighted by Crippen LogP contribution is -2.34. The van der Waals surface area contributed by atoms with Gasteiger partial charge in [0.2, 0.25) is 5.88 Å². The highest BCUT2D eigenvalue weighted by Gasteiger charge is 2.13. The van der Waals surface area contributed by atoms with Gasteiger partial charge in [-0.1, -0.05) is 12.1 Å². The quantitative estimate of drug-likeness (QED) is 0.805. The summed E-state index contributed by atoms with van der Waals surface area (Å²) in [4.78, 5) is 0. The molecule has 2 N–H and O–H groups in total. The molecule has 2 heterocycles. The molecule has 1 aliphatic rings. The third-order valence-corrected chi connectivity index (χ3v) is 3.99. The largest absolute Gasteiger partial charge is 0.475 e. The van der Waals surface area contributed by atoms with E-state index in [1.54, 1.807) is 0 Å². The second-order valence-electron chi connectivity index (χ2n) is 4.48. The van der Waals surface area contributed by atoms with Crippen molar-refractivity contribution in [2.24, 2.45) is 0 Å². The summed E-state index contributed by atoms with van der Waals surface area (Å²) in [6.45, 7) is 3.73. The number of nitrogens with zero attached hydrogens (tertiary/aromatic N) is 1. The Kier molecular flexibility index (Phi) is 3.73. The third kappa shape index (κ3) is 2.63. The smallest absolute Gasteiger partial charge is 0.233 e. The number of rotatable bonds is 5. The minimum atomic E-state index is 0.598. The molecule has 3 rings (SSSR count). The first-order chi connectivity index (χ1) is 8.93. The molecule has 2 aromatic rings. The van der Waals surface area contributed by atoms with Gasteiger partial charge in [0.1, 0.15) is 6.61 Å². The van der Waals surface area contributed by atoms with Crippen LogP contribution in [0.2, 0.25) is 0 Å². The minimum absolute atomic E-state index is 0.598. The summed E-state index contributed by atoms with van der Waals surface area (Å²) in [5.74, 6) is 0.766. The molecule has 0 amide bonds. The van der Waals surface area contributed by atoms with E-state index in [0.29, 0.717) is 12.6 Å². The molecular weight excluding hydrogens is 246 g/mol. The maximum Gasteiger partial charge on any atom is 0.233 e. The first-order valence-electron chi connectivity index (χ1n) is 6.35. The van der Waals surface area contributed by atoms with Crippen molar-refractivity contribution in [2.45, 2.75) is 12.5 Å². The summed E-state index contributed by atoms with van der Waals surface area (Å²) in [6, 6.07) is 8.77. The van der Waals surface area contributed by atoms with Crippen molar-refractivity contribution in [1.29, 1.82) is 0 Å². The van der Waals surface area contributed by atoms with Crippen LogP contribution >= 0.6 is 11.5 Å². The van der Waals surface area contributed by atoms with E-state index in [-0.39, 0.29) is 0 Å². The Bertz CT molecular complexity index is 508. The average Bonchev–Trinajstić information content (AvgIpc) is 3.04. The van der Waals surface area contributed by atoms with Gasteiger partial charge in [0.25, 0.3) is 0 Å². The summed E-state index contributed by atoms with van der Waals surface area (Å²) < 4.78 is 11.3. The number of aromatic nitrogens is 1. The van der Waals surface area contributed by atoms with Crippen LogP contribution in [-0.4, -0.2) is 36.7 Å². The maximum absolute atomic E-state index is 5.74. The molecule has 18 heavy (non-hydrogen) atoms. The lowest BCUT2D eigenvalue weighted by Gasteiger charge is -2.10. The zero-order valence-corrected chi connectivity index (χ0v) is 11.0. The molecule has 0 spiro atoms. The Labute approximate surface area is 111 Å². The van der Waals surface area contributed by atoms with Crippen LogP contribution in [0.25, 0.3) is 10.1 Å². The Balaban J connectivity index is 1.50. The number of hydrogen-bond acceptors (Lipinski definition) is 5. The fourth-order valence-corrected chi connectivity index (χ4v) is 2.93. The fourth-order valence-electron chi connectivity index (χ4n) is 2.21. The minimum Gasteiger partial charge on any atom is -0.475 e. The lowest BCUT2D eigenvalue weighted by molar-refractivity contribution is 0.302. The van der Waals surface area contributed by atoms with E-state index in [0.717, 1.165) is 30.9 Å². The Morgan fingerprint density at radius 2 is 2.39 bits per heavy atom. The molecule has 1 aromatic heterocycles. The molecule has 1 atom stereocenters. The van der Waals surface area contributed by atoms with Crippen molar-refractivity contribution in [3.8, 4) is 5.88 Å². The van der Waals surface area contributed by atoms with Crippen LogP contribution in [0.3, 0.4) is 0 Å². The Hall–Kier alpha value is -1.17. The van der Waals surface area contributed by atoms with Crippen LogP contribution < -0.4 is 15.4 Å². The number of hydrogen-bond donors (Lipinski definition) is 2. The van der Waals surface area contributed by atoms with Crippen molar-refractivity contribution in [1.82, 2.24) is 15.0 Å². The second kappa shape index (κ2) is 5.65. The second-order valence-corrected chi connectivity index (χ2v) is 5.28. The van der Waals surface area contributed by atoms with Crippen LogP contribution in [0.5, 0.6) is 5.88 Å². The Morgan fingerprint density at radius 1 is 1.44 bits per heavy atom. The van der Waals surface area contributed by atoms with Crippen LogP contribution in [0.15, 0.2) is 24.3 Å². The molecule has 4 nitrogen and oxygen atoms in total. The van der Waals surface area contributed by atoms with E-state index in [2.05, 4.69) is 27.1 Å². The van der Waals surface area contributed by atoms with Gasteiger partial charge < -0.3 is 15.4 Å². The molecule has 0 aliphatic carbocycles. The molecule has 96 valence electrons. The van der Waals surface area contributed by atoms with E-state index in [4.69, 9.17) is 4.74 Å². The predicted octanol–water partition coefficient (Wildman–Crippen LogP) is 1.63. The van der Waals surface area contributed by atoms with Gasteiger partial charge in [-0.05, 0) is 36.6 Å². The first-order valence-corrected chi connectivity index (χ1v) is 7.12. The fraction of sp³-hybridized carbons (Fsp3) is 0.462. The molecule has 1 fully saturated rings. The zero-order chi connectivity index (χ0) is 12.2. The highest BCUT2D eigenvalue weighted by Crippen LogP contribution is 2.27. The van der Waals surface area contributed by atoms with E-state index in [9.17, 15) is 0 Å². The van der Waals surface area contributed by atoms with Crippen LogP contribution in [0, 0.1) is 0 Å². The first kappa shape index (κ1) is 11.9. The van der Waals surface area contributed by atoms with E-state index in [1.807, 2.05) is 12.1 Å². The van der Waals surface area contributed by atoms with Crippen molar-refractivity contribution in [3.63, 3.8) is 0 Å². The molecule has 1 unspecified atom stereocenters. The van der Waals surface area contributed by atoms with E-state index < -0.39 is 0 Å². The number of ether oxygens (including phenoxy) is 1. The highest BCUT2D eigenvalue weighted by atomic mass is 32.1. The SMILES string of the molecule is c1ccc2c(OCCNC3CCNC3)nsc2c1. The van der Waals surface area contributed by atoms with Crippen molar-refractivity contribution in [3.05, 3.63) is 24.3 Å². The summed E-state index contributed by atoms with van der Waals surface area (Å²) in [6.07, 6.45) is 1.21. The van der Waals surface area contributed by atoms with Gasteiger partial charge in [0.15, 0.2) is 0 Å². The summed E-state index contributed by atoms with van der Waals surface area (Å²) in [5, 5.41) is 7.93.